The van der Waals surface area contributed by atoms with Gasteiger partial charge >= 0.3 is 0 Å². The van der Waals surface area contributed by atoms with Crippen LogP contribution in [0.5, 0.6) is 5.75 Å². The van der Waals surface area contributed by atoms with Crippen LogP contribution in [0, 0.1) is 12.7 Å². The van der Waals surface area contributed by atoms with E-state index < -0.39 is 0 Å². The maximum Gasteiger partial charge on any atom is 0.165 e. The summed E-state index contributed by atoms with van der Waals surface area (Å²) in [6.07, 6.45) is 3.15. The van der Waals surface area contributed by atoms with Crippen molar-refractivity contribution >= 4 is 0 Å². The van der Waals surface area contributed by atoms with E-state index in [1.807, 2.05) is 32.0 Å². The van der Waals surface area contributed by atoms with Gasteiger partial charge in [0.05, 0.1) is 5.69 Å². The van der Waals surface area contributed by atoms with Gasteiger partial charge in [0, 0.05) is 12.2 Å². The fraction of sp³-hybridized carbons (Fsp3) is 0.353. The third-order valence-electron chi connectivity index (χ3n) is 3.53. The Morgan fingerprint density at radius 3 is 2.81 bits per heavy atom. The van der Waals surface area contributed by atoms with Crippen molar-refractivity contribution in [2.24, 2.45) is 5.73 Å². The molecule has 0 spiro atoms. The predicted octanol–water partition coefficient (Wildman–Crippen LogP) is 3.39. The Hall–Kier alpha value is -1.94. The minimum atomic E-state index is -0.357. The van der Waals surface area contributed by atoms with Crippen molar-refractivity contribution in [1.82, 2.24) is 4.98 Å². The summed E-state index contributed by atoms with van der Waals surface area (Å²) in [6, 6.07) is 8.78. The summed E-state index contributed by atoms with van der Waals surface area (Å²) in [7, 11) is 0. The highest BCUT2D eigenvalue weighted by molar-refractivity contribution is 5.36. The number of nitrogens with two attached hydrogens (primary N) is 1. The highest BCUT2D eigenvalue weighted by atomic mass is 19.1. The van der Waals surface area contributed by atoms with Crippen molar-refractivity contribution in [2.45, 2.75) is 39.3 Å². The van der Waals surface area contributed by atoms with Crippen LogP contribution in [0.4, 0.5) is 4.39 Å². The molecule has 0 aliphatic rings. The van der Waals surface area contributed by atoms with Crippen LogP contribution in [-0.2, 0) is 13.0 Å². The molecule has 2 N–H and O–H groups in total. The molecule has 0 radical (unpaired) electrons. The van der Waals surface area contributed by atoms with Gasteiger partial charge in [-0.3, -0.25) is 4.98 Å². The van der Waals surface area contributed by atoms with Crippen LogP contribution < -0.4 is 10.5 Å². The third-order valence-corrected chi connectivity index (χ3v) is 3.53. The van der Waals surface area contributed by atoms with Crippen molar-refractivity contribution in [1.29, 1.82) is 0 Å². The Balaban J connectivity index is 2.17. The molecule has 1 aromatic heterocycles. The molecule has 1 heterocycles. The molecule has 112 valence electrons. The maximum absolute atomic E-state index is 14.0. The lowest BCUT2D eigenvalue weighted by Gasteiger charge is -2.15. The highest BCUT2D eigenvalue weighted by Crippen LogP contribution is 2.25. The lowest BCUT2D eigenvalue weighted by atomic mass is 10.0. The fourth-order valence-electron chi connectivity index (χ4n) is 2.11. The first-order chi connectivity index (χ1) is 10.1. The molecule has 2 aromatic rings. The number of hydrogen-bond acceptors (Lipinski definition) is 3. The minimum absolute atomic E-state index is 0.00531. The zero-order chi connectivity index (χ0) is 15.2. The first kappa shape index (κ1) is 15.4. The summed E-state index contributed by atoms with van der Waals surface area (Å²) in [6.45, 7) is 4.23. The van der Waals surface area contributed by atoms with E-state index >= 15 is 0 Å². The summed E-state index contributed by atoms with van der Waals surface area (Å²) >= 11 is 0. The normalized spacial score (nSPS) is 12.2. The Morgan fingerprint density at radius 2 is 2.10 bits per heavy atom. The quantitative estimate of drug-likeness (QED) is 0.886. The Bertz CT molecular complexity index is 601. The van der Waals surface area contributed by atoms with Gasteiger partial charge < -0.3 is 10.5 Å². The van der Waals surface area contributed by atoms with Crippen molar-refractivity contribution in [3.05, 3.63) is 59.2 Å². The lowest BCUT2D eigenvalue weighted by Crippen LogP contribution is -2.22. The molecule has 1 unspecified atom stereocenters. The second kappa shape index (κ2) is 7.18. The number of aryl methyl sites for hydroxylation is 1. The molecular weight excluding hydrogens is 267 g/mol. The topological polar surface area (TPSA) is 48.1 Å². The van der Waals surface area contributed by atoms with Crippen LogP contribution in [0.15, 0.2) is 36.5 Å². The number of halogens is 1. The number of para-hydroxylation sites is 1. The first-order valence-corrected chi connectivity index (χ1v) is 7.18. The molecule has 2 rings (SSSR count). The number of hydrogen-bond donors (Lipinski definition) is 1. The molecule has 21 heavy (non-hydrogen) atoms. The van der Waals surface area contributed by atoms with Gasteiger partial charge in [-0.25, -0.2) is 4.39 Å². The molecule has 1 atom stereocenters. The van der Waals surface area contributed by atoms with Crippen LogP contribution in [0.2, 0.25) is 0 Å². The van der Waals surface area contributed by atoms with Crippen LogP contribution in [0.1, 0.15) is 30.2 Å². The van der Waals surface area contributed by atoms with E-state index in [2.05, 4.69) is 4.98 Å². The van der Waals surface area contributed by atoms with Crippen molar-refractivity contribution < 1.29 is 9.13 Å². The first-order valence-electron chi connectivity index (χ1n) is 7.18. The zero-order valence-corrected chi connectivity index (χ0v) is 12.5. The fourth-order valence-corrected chi connectivity index (χ4v) is 2.11. The van der Waals surface area contributed by atoms with Gasteiger partial charge in [0.15, 0.2) is 11.6 Å². The number of rotatable bonds is 6. The SMILES string of the molecule is CCC(N)Cc1cccc(F)c1OCc1ncccc1C. The van der Waals surface area contributed by atoms with Crippen molar-refractivity contribution in [3.63, 3.8) is 0 Å². The average Bonchev–Trinajstić information content (AvgIpc) is 2.48. The molecule has 3 nitrogen and oxygen atoms in total. The summed E-state index contributed by atoms with van der Waals surface area (Å²) in [4.78, 5) is 4.26. The van der Waals surface area contributed by atoms with E-state index in [0.29, 0.717) is 6.42 Å². The zero-order valence-electron chi connectivity index (χ0n) is 12.5. The van der Waals surface area contributed by atoms with Gasteiger partial charge in [0.1, 0.15) is 6.61 Å². The van der Waals surface area contributed by atoms with E-state index in [0.717, 1.165) is 23.2 Å². The van der Waals surface area contributed by atoms with Gasteiger partial charge in [-0.1, -0.05) is 25.1 Å². The van der Waals surface area contributed by atoms with Gasteiger partial charge in [-0.05, 0) is 43.0 Å². The van der Waals surface area contributed by atoms with E-state index in [1.165, 1.54) is 6.07 Å². The van der Waals surface area contributed by atoms with E-state index in [-0.39, 0.29) is 24.2 Å². The number of aromatic nitrogens is 1. The van der Waals surface area contributed by atoms with E-state index in [9.17, 15) is 4.39 Å². The van der Waals surface area contributed by atoms with Gasteiger partial charge in [-0.15, -0.1) is 0 Å². The molecule has 0 bridgehead atoms. The number of ether oxygens (including phenoxy) is 1. The molecule has 1 aromatic carbocycles. The van der Waals surface area contributed by atoms with Crippen LogP contribution >= 0.6 is 0 Å². The van der Waals surface area contributed by atoms with Crippen LogP contribution in [0.25, 0.3) is 0 Å². The number of pyridine rings is 1. The number of benzene rings is 1. The third kappa shape index (κ3) is 4.02. The minimum Gasteiger partial charge on any atom is -0.484 e. The van der Waals surface area contributed by atoms with E-state index in [1.54, 1.807) is 12.3 Å². The Kier molecular flexibility index (Phi) is 5.28. The highest BCUT2D eigenvalue weighted by Gasteiger charge is 2.13. The second-order valence-electron chi connectivity index (χ2n) is 5.16. The van der Waals surface area contributed by atoms with Crippen LogP contribution in [-0.4, -0.2) is 11.0 Å². The summed E-state index contributed by atoms with van der Waals surface area (Å²) in [5, 5.41) is 0. The number of nitrogens with zero attached hydrogens (tertiary/aromatic N) is 1. The summed E-state index contributed by atoms with van der Waals surface area (Å²) in [5.41, 5.74) is 8.61. The van der Waals surface area contributed by atoms with Crippen molar-refractivity contribution in [2.75, 3.05) is 0 Å². The largest absolute Gasteiger partial charge is 0.484 e. The summed E-state index contributed by atoms with van der Waals surface area (Å²) in [5.74, 6) is -0.0733. The molecule has 0 saturated carbocycles. The summed E-state index contributed by atoms with van der Waals surface area (Å²) < 4.78 is 19.7. The smallest absolute Gasteiger partial charge is 0.165 e. The Labute approximate surface area is 125 Å². The molecular formula is C17H21FN2O. The standard InChI is InChI=1S/C17H21FN2O/c1-3-14(19)10-13-7-4-8-15(18)17(13)21-11-16-12(2)6-5-9-20-16/h4-9,14H,3,10-11,19H2,1-2H3. The predicted molar refractivity (Wildman–Crippen MR) is 81.7 cm³/mol. The molecule has 0 amide bonds. The molecule has 0 aliphatic carbocycles. The average molecular weight is 288 g/mol. The second-order valence-corrected chi connectivity index (χ2v) is 5.16. The molecule has 4 heteroatoms. The Morgan fingerprint density at radius 1 is 1.29 bits per heavy atom. The lowest BCUT2D eigenvalue weighted by molar-refractivity contribution is 0.281. The van der Waals surface area contributed by atoms with E-state index in [4.69, 9.17) is 10.5 Å². The molecule has 0 fully saturated rings. The maximum atomic E-state index is 14.0. The monoisotopic (exact) mass is 288 g/mol. The van der Waals surface area contributed by atoms with Crippen LogP contribution in [0.3, 0.4) is 0 Å². The van der Waals surface area contributed by atoms with Gasteiger partial charge in [-0.2, -0.15) is 0 Å². The van der Waals surface area contributed by atoms with Gasteiger partial charge in [0.2, 0.25) is 0 Å². The van der Waals surface area contributed by atoms with Crippen molar-refractivity contribution in [3.8, 4) is 5.75 Å². The molecule has 0 saturated heterocycles. The molecule has 0 aliphatic heterocycles. The van der Waals surface area contributed by atoms with Gasteiger partial charge in [0.25, 0.3) is 0 Å².